The molecule has 4 rings (SSSR count). The van der Waals surface area contributed by atoms with Crippen LogP contribution in [0.3, 0.4) is 0 Å². The number of aryl methyl sites for hydroxylation is 2. The molecule has 0 atom stereocenters. The lowest BCUT2D eigenvalue weighted by atomic mass is 10.1. The number of benzene rings is 2. The van der Waals surface area contributed by atoms with Crippen LogP contribution in [0.25, 0.3) is 5.78 Å². The van der Waals surface area contributed by atoms with Crippen molar-refractivity contribution in [2.45, 2.75) is 25.4 Å². The first-order valence-electron chi connectivity index (χ1n) is 9.90. The fraction of sp³-hybridized carbons (Fsp3) is 0.227. The summed E-state index contributed by atoms with van der Waals surface area (Å²) < 4.78 is 6.62. The predicted molar refractivity (Wildman–Crippen MR) is 122 cm³/mol. The summed E-state index contributed by atoms with van der Waals surface area (Å²) in [5, 5.41) is 15.8. The van der Waals surface area contributed by atoms with Gasteiger partial charge in [0.05, 0.1) is 12.9 Å². The topological polar surface area (TPSA) is 114 Å². The Balaban J connectivity index is 1.49. The molecule has 2 aromatic heterocycles. The normalized spacial score (nSPS) is 11.0. The van der Waals surface area contributed by atoms with E-state index in [1.807, 2.05) is 56.3 Å². The Morgan fingerprint density at radius 2 is 1.94 bits per heavy atom. The van der Waals surface area contributed by atoms with Gasteiger partial charge in [-0.2, -0.15) is 9.61 Å². The third-order valence-electron chi connectivity index (χ3n) is 4.85. The van der Waals surface area contributed by atoms with Crippen molar-refractivity contribution in [1.82, 2.24) is 24.8 Å². The number of carbonyl (C=O) groups is 1. The molecule has 0 aliphatic carbocycles. The van der Waals surface area contributed by atoms with E-state index in [2.05, 4.69) is 25.6 Å². The molecule has 0 unspecified atom stereocenters. The molecule has 0 bridgehead atoms. The number of H-pyrrole nitrogens is 1. The number of nitrogens with one attached hydrogen (secondary N) is 2. The SMILES string of the molecule is COc1ccc(Cc2nn3c(SCC(=O)Nc4cc(C)ccc4C)nnc3[nH]c2=O)cc1. The first-order valence-corrected chi connectivity index (χ1v) is 10.9. The zero-order chi connectivity index (χ0) is 22.7. The number of methoxy groups -OCH3 is 1. The third kappa shape index (κ3) is 4.80. The van der Waals surface area contributed by atoms with Crippen LogP contribution in [0.1, 0.15) is 22.4 Å². The summed E-state index contributed by atoms with van der Waals surface area (Å²) in [6.07, 6.45) is 0.338. The summed E-state index contributed by atoms with van der Waals surface area (Å²) in [7, 11) is 1.60. The van der Waals surface area contributed by atoms with Gasteiger partial charge in [0, 0.05) is 12.1 Å². The zero-order valence-corrected chi connectivity index (χ0v) is 18.7. The number of rotatable bonds is 7. The first-order chi connectivity index (χ1) is 15.4. The van der Waals surface area contributed by atoms with Crippen molar-refractivity contribution in [2.24, 2.45) is 0 Å². The highest BCUT2D eigenvalue weighted by Gasteiger charge is 2.14. The fourth-order valence-corrected chi connectivity index (χ4v) is 3.78. The van der Waals surface area contributed by atoms with Crippen molar-refractivity contribution in [2.75, 3.05) is 18.2 Å². The van der Waals surface area contributed by atoms with E-state index in [0.29, 0.717) is 17.3 Å². The van der Waals surface area contributed by atoms with Gasteiger partial charge in [-0.05, 0) is 48.7 Å². The number of anilines is 1. The largest absolute Gasteiger partial charge is 0.497 e. The summed E-state index contributed by atoms with van der Waals surface area (Å²) in [5.41, 5.74) is 3.75. The van der Waals surface area contributed by atoms with Gasteiger partial charge in [-0.1, -0.05) is 36.0 Å². The molecule has 0 saturated heterocycles. The Morgan fingerprint density at radius 1 is 1.16 bits per heavy atom. The maximum absolute atomic E-state index is 12.4. The van der Waals surface area contributed by atoms with Crippen molar-refractivity contribution in [3.63, 3.8) is 0 Å². The number of nitrogens with zero attached hydrogens (tertiary/aromatic N) is 4. The van der Waals surface area contributed by atoms with Crippen LogP contribution in [0.5, 0.6) is 5.75 Å². The number of aromatic nitrogens is 5. The van der Waals surface area contributed by atoms with Crippen LogP contribution in [0.2, 0.25) is 0 Å². The molecule has 9 nitrogen and oxygen atoms in total. The molecule has 2 heterocycles. The molecule has 2 N–H and O–H groups in total. The molecule has 0 aliphatic heterocycles. The maximum Gasteiger partial charge on any atom is 0.274 e. The van der Waals surface area contributed by atoms with Crippen molar-refractivity contribution in [3.8, 4) is 5.75 Å². The van der Waals surface area contributed by atoms with Gasteiger partial charge in [-0.3, -0.25) is 14.6 Å². The minimum absolute atomic E-state index is 0.128. The van der Waals surface area contributed by atoms with Crippen LogP contribution in [0.15, 0.2) is 52.4 Å². The third-order valence-corrected chi connectivity index (χ3v) is 5.77. The Hall–Kier alpha value is -3.66. The van der Waals surface area contributed by atoms with E-state index in [4.69, 9.17) is 4.74 Å². The molecule has 4 aromatic rings. The van der Waals surface area contributed by atoms with Gasteiger partial charge < -0.3 is 10.1 Å². The molecule has 164 valence electrons. The number of aromatic amines is 1. The average Bonchev–Trinajstić information content (AvgIpc) is 3.17. The Kier molecular flexibility index (Phi) is 6.22. The quantitative estimate of drug-likeness (QED) is 0.416. The molecule has 0 saturated carbocycles. The standard InChI is InChI=1S/C22H22N6O3S/c1-13-4-5-14(2)17(10-13)23-19(29)12-32-22-26-25-21-24-20(30)18(27-28(21)22)11-15-6-8-16(31-3)9-7-15/h4-10H,11-12H2,1-3H3,(H,23,29)(H,24,25,30). The van der Waals surface area contributed by atoms with Crippen LogP contribution in [-0.4, -0.2) is 43.6 Å². The highest BCUT2D eigenvalue weighted by molar-refractivity contribution is 7.99. The number of hydrogen-bond donors (Lipinski definition) is 2. The summed E-state index contributed by atoms with van der Waals surface area (Å²) >= 11 is 1.20. The minimum atomic E-state index is -0.329. The average molecular weight is 451 g/mol. The van der Waals surface area contributed by atoms with E-state index >= 15 is 0 Å². The van der Waals surface area contributed by atoms with Gasteiger partial charge in [-0.25, -0.2) is 0 Å². The minimum Gasteiger partial charge on any atom is -0.497 e. The lowest BCUT2D eigenvalue weighted by molar-refractivity contribution is -0.113. The summed E-state index contributed by atoms with van der Waals surface area (Å²) in [5.74, 6) is 0.931. The van der Waals surface area contributed by atoms with E-state index in [1.165, 1.54) is 16.3 Å². The highest BCUT2D eigenvalue weighted by atomic mass is 32.2. The molecule has 0 aliphatic rings. The fourth-order valence-electron chi connectivity index (χ4n) is 3.10. The molecular weight excluding hydrogens is 428 g/mol. The van der Waals surface area contributed by atoms with Gasteiger partial charge in [-0.15, -0.1) is 10.2 Å². The molecule has 0 radical (unpaired) electrons. The van der Waals surface area contributed by atoms with E-state index in [-0.39, 0.29) is 23.0 Å². The molecule has 1 amide bonds. The number of carbonyl (C=O) groups excluding carboxylic acids is 1. The second-order valence-electron chi connectivity index (χ2n) is 7.30. The van der Waals surface area contributed by atoms with Crippen LogP contribution in [0, 0.1) is 13.8 Å². The van der Waals surface area contributed by atoms with E-state index in [1.54, 1.807) is 7.11 Å². The second kappa shape index (κ2) is 9.23. The Labute approximate surface area is 188 Å². The van der Waals surface area contributed by atoms with Crippen molar-refractivity contribution >= 4 is 29.1 Å². The molecular formula is C22H22N6O3S. The van der Waals surface area contributed by atoms with Crippen LogP contribution in [-0.2, 0) is 11.2 Å². The molecule has 2 aromatic carbocycles. The summed E-state index contributed by atoms with van der Waals surface area (Å²) in [6.45, 7) is 3.92. The van der Waals surface area contributed by atoms with Gasteiger partial charge in [0.25, 0.3) is 11.3 Å². The van der Waals surface area contributed by atoms with Gasteiger partial charge >= 0.3 is 0 Å². The molecule has 32 heavy (non-hydrogen) atoms. The number of ether oxygens (including phenoxy) is 1. The molecule has 10 heteroatoms. The smallest absolute Gasteiger partial charge is 0.274 e. The lowest BCUT2D eigenvalue weighted by Gasteiger charge is -2.09. The van der Waals surface area contributed by atoms with Crippen LogP contribution < -0.4 is 15.6 Å². The Morgan fingerprint density at radius 3 is 2.69 bits per heavy atom. The van der Waals surface area contributed by atoms with E-state index in [0.717, 1.165) is 28.1 Å². The number of fused-ring (bicyclic) bond motifs is 1. The van der Waals surface area contributed by atoms with Crippen LogP contribution in [0.4, 0.5) is 5.69 Å². The second-order valence-corrected chi connectivity index (χ2v) is 8.24. The lowest BCUT2D eigenvalue weighted by Crippen LogP contribution is -2.19. The maximum atomic E-state index is 12.4. The van der Waals surface area contributed by atoms with Crippen molar-refractivity contribution in [1.29, 1.82) is 0 Å². The van der Waals surface area contributed by atoms with Gasteiger partial charge in [0.15, 0.2) is 0 Å². The number of hydrogen-bond acceptors (Lipinski definition) is 7. The van der Waals surface area contributed by atoms with Gasteiger partial charge in [0.1, 0.15) is 11.4 Å². The zero-order valence-electron chi connectivity index (χ0n) is 17.9. The van der Waals surface area contributed by atoms with E-state index in [9.17, 15) is 9.59 Å². The highest BCUT2D eigenvalue weighted by Crippen LogP contribution is 2.19. The van der Waals surface area contributed by atoms with Crippen molar-refractivity contribution in [3.05, 3.63) is 75.2 Å². The van der Waals surface area contributed by atoms with Gasteiger partial charge in [0.2, 0.25) is 11.1 Å². The molecule has 0 spiro atoms. The molecule has 0 fully saturated rings. The van der Waals surface area contributed by atoms with E-state index < -0.39 is 0 Å². The van der Waals surface area contributed by atoms with Crippen LogP contribution >= 0.6 is 11.8 Å². The number of thioether (sulfide) groups is 1. The summed E-state index contributed by atoms with van der Waals surface area (Å²) in [6, 6.07) is 13.3. The summed E-state index contributed by atoms with van der Waals surface area (Å²) in [4.78, 5) is 27.5. The van der Waals surface area contributed by atoms with Crippen molar-refractivity contribution < 1.29 is 9.53 Å². The Bertz CT molecular complexity index is 1330. The first kappa shape index (κ1) is 21.6. The monoisotopic (exact) mass is 450 g/mol. The predicted octanol–water partition coefficient (Wildman–Crippen LogP) is 2.76. The number of amides is 1.